The minimum atomic E-state index is -0.789. The van der Waals surface area contributed by atoms with Crippen LogP contribution in [0.25, 0.3) is 0 Å². The van der Waals surface area contributed by atoms with E-state index in [4.69, 9.17) is 0 Å². The molecule has 0 radical (unpaired) electrons. The molecule has 3 heterocycles. The summed E-state index contributed by atoms with van der Waals surface area (Å²) >= 11 is 0. The van der Waals surface area contributed by atoms with Gasteiger partial charge in [0.15, 0.2) is 0 Å². The summed E-state index contributed by atoms with van der Waals surface area (Å²) < 4.78 is 0. The van der Waals surface area contributed by atoms with Gasteiger partial charge in [0.2, 0.25) is 0 Å². The number of para-hydroxylation sites is 1. The molecule has 1 aromatic carbocycles. The Balaban J connectivity index is 1.36. The number of carbonyl (C=O) groups excluding carboxylic acids is 1. The van der Waals surface area contributed by atoms with Crippen molar-refractivity contribution in [3.63, 3.8) is 0 Å². The molecule has 6 heteroatoms. The summed E-state index contributed by atoms with van der Waals surface area (Å²) in [5.41, 5.74) is 0.951. The molecule has 1 aromatic rings. The predicted molar refractivity (Wildman–Crippen MR) is 143 cm³/mol. The summed E-state index contributed by atoms with van der Waals surface area (Å²) in [4.78, 5) is 32.2. The number of carboxylic acids is 1. The van der Waals surface area contributed by atoms with Gasteiger partial charge in [-0.1, -0.05) is 51.3 Å². The third-order valence-electron chi connectivity index (χ3n) is 9.55. The summed E-state index contributed by atoms with van der Waals surface area (Å²) in [6.45, 7) is 5.63. The van der Waals surface area contributed by atoms with Crippen molar-refractivity contribution in [2.75, 3.05) is 18.0 Å². The molecule has 0 spiro atoms. The molecule has 2 amide bonds. The van der Waals surface area contributed by atoms with Gasteiger partial charge in [-0.15, -0.1) is 0 Å². The standard InChI is InChI=1S/C30H45N3O3/c1-3-8-22-15-21(2)16-27(17-22)32-25-11-7-12-26(32)19-28(18-25)33(24-9-5-4-6-10-24)30(36)31-14-13-23(20-31)29(34)35/h4-6,9-10,21-23,25-28H,3,7-8,11-20H2,1-2H3,(H,34,35). The number of rotatable bonds is 6. The summed E-state index contributed by atoms with van der Waals surface area (Å²) in [5.74, 6) is 0.431. The zero-order valence-electron chi connectivity index (χ0n) is 22.2. The molecular formula is C30H45N3O3. The minimum absolute atomic E-state index is 0.00391. The zero-order valence-corrected chi connectivity index (χ0v) is 22.2. The fraction of sp³-hybridized carbons (Fsp3) is 0.733. The molecule has 1 saturated carbocycles. The first-order chi connectivity index (χ1) is 17.4. The fourth-order valence-corrected chi connectivity index (χ4v) is 8.14. The quantitative estimate of drug-likeness (QED) is 0.525. The third-order valence-corrected chi connectivity index (χ3v) is 9.55. The summed E-state index contributed by atoms with van der Waals surface area (Å²) in [5, 5.41) is 9.49. The van der Waals surface area contributed by atoms with Crippen molar-refractivity contribution < 1.29 is 14.7 Å². The van der Waals surface area contributed by atoms with Gasteiger partial charge in [-0.05, 0) is 75.3 Å². The second-order valence-corrected chi connectivity index (χ2v) is 12.2. The number of urea groups is 1. The van der Waals surface area contributed by atoms with E-state index in [1.807, 2.05) is 35.2 Å². The highest BCUT2D eigenvalue weighted by molar-refractivity contribution is 5.93. The smallest absolute Gasteiger partial charge is 0.324 e. The van der Waals surface area contributed by atoms with E-state index in [1.54, 1.807) is 4.90 Å². The predicted octanol–water partition coefficient (Wildman–Crippen LogP) is 6.01. The molecule has 1 aliphatic carbocycles. The van der Waals surface area contributed by atoms with Gasteiger partial charge >= 0.3 is 12.0 Å². The number of carboxylic acid groups (broad SMARTS) is 1. The Bertz CT molecular complexity index is 894. The second-order valence-electron chi connectivity index (χ2n) is 12.2. The SMILES string of the molecule is CCCC1CC(C)CC(N2C3CCCC2CC(N(C(=O)N2CCC(C(=O)O)C2)c2ccccc2)C3)C1. The lowest BCUT2D eigenvalue weighted by Crippen LogP contribution is -2.62. The molecule has 3 saturated heterocycles. The van der Waals surface area contributed by atoms with E-state index < -0.39 is 11.9 Å². The van der Waals surface area contributed by atoms with Gasteiger partial charge in [0, 0.05) is 42.9 Å². The average Bonchev–Trinajstić information content (AvgIpc) is 3.35. The Morgan fingerprint density at radius 3 is 2.33 bits per heavy atom. The summed E-state index contributed by atoms with van der Waals surface area (Å²) in [6, 6.07) is 12.0. The van der Waals surface area contributed by atoms with E-state index in [-0.39, 0.29) is 12.1 Å². The van der Waals surface area contributed by atoms with E-state index in [1.165, 1.54) is 51.4 Å². The van der Waals surface area contributed by atoms with Crippen LogP contribution in [0, 0.1) is 17.8 Å². The lowest BCUT2D eigenvalue weighted by atomic mass is 9.73. The maximum Gasteiger partial charge on any atom is 0.324 e. The Morgan fingerprint density at radius 1 is 0.972 bits per heavy atom. The Kier molecular flexibility index (Phi) is 7.90. The van der Waals surface area contributed by atoms with E-state index in [0.29, 0.717) is 37.6 Å². The molecule has 6 nitrogen and oxygen atoms in total. The van der Waals surface area contributed by atoms with Crippen molar-refractivity contribution in [3.8, 4) is 0 Å². The van der Waals surface area contributed by atoms with Crippen LogP contribution in [-0.4, -0.2) is 64.2 Å². The van der Waals surface area contributed by atoms with Crippen LogP contribution in [0.15, 0.2) is 30.3 Å². The molecule has 5 rings (SSSR count). The van der Waals surface area contributed by atoms with Crippen molar-refractivity contribution in [1.29, 1.82) is 0 Å². The van der Waals surface area contributed by atoms with Gasteiger partial charge in [-0.2, -0.15) is 0 Å². The number of hydrogen-bond acceptors (Lipinski definition) is 3. The monoisotopic (exact) mass is 495 g/mol. The number of piperidine rings is 2. The molecule has 1 N–H and O–H groups in total. The van der Waals surface area contributed by atoms with Crippen LogP contribution in [0.3, 0.4) is 0 Å². The van der Waals surface area contributed by atoms with Crippen LogP contribution in [0.2, 0.25) is 0 Å². The zero-order chi connectivity index (χ0) is 25.2. The van der Waals surface area contributed by atoms with Crippen LogP contribution < -0.4 is 4.90 Å². The van der Waals surface area contributed by atoms with E-state index in [0.717, 1.165) is 30.4 Å². The number of carbonyl (C=O) groups is 2. The number of nitrogens with zero attached hydrogens (tertiary/aromatic N) is 3. The molecule has 198 valence electrons. The van der Waals surface area contributed by atoms with Crippen LogP contribution in [0.1, 0.15) is 84.5 Å². The van der Waals surface area contributed by atoms with Crippen LogP contribution >= 0.6 is 0 Å². The first-order valence-corrected chi connectivity index (χ1v) is 14.6. The lowest BCUT2D eigenvalue weighted by molar-refractivity contribution is -0.141. The van der Waals surface area contributed by atoms with Gasteiger partial charge in [0.05, 0.1) is 5.92 Å². The molecule has 0 aromatic heterocycles. The number of fused-ring (bicyclic) bond motifs is 2. The van der Waals surface area contributed by atoms with E-state index in [9.17, 15) is 14.7 Å². The first-order valence-electron chi connectivity index (χ1n) is 14.6. The Morgan fingerprint density at radius 2 is 1.69 bits per heavy atom. The highest BCUT2D eigenvalue weighted by atomic mass is 16.4. The van der Waals surface area contributed by atoms with Crippen molar-refractivity contribution in [3.05, 3.63) is 30.3 Å². The van der Waals surface area contributed by atoms with Gasteiger partial charge in [-0.25, -0.2) is 4.79 Å². The minimum Gasteiger partial charge on any atom is -0.481 e. The van der Waals surface area contributed by atoms with E-state index in [2.05, 4.69) is 18.7 Å². The van der Waals surface area contributed by atoms with Crippen molar-refractivity contribution in [2.24, 2.45) is 17.8 Å². The fourth-order valence-electron chi connectivity index (χ4n) is 8.14. The number of likely N-dealkylation sites (tertiary alicyclic amines) is 1. The highest BCUT2D eigenvalue weighted by Gasteiger charge is 2.46. The molecule has 4 aliphatic rings. The molecule has 4 fully saturated rings. The summed E-state index contributed by atoms with van der Waals surface area (Å²) in [6.07, 6.45) is 13.1. The Labute approximate surface area is 217 Å². The van der Waals surface area contributed by atoms with Crippen molar-refractivity contribution in [2.45, 2.75) is 109 Å². The maximum atomic E-state index is 13.9. The lowest BCUT2D eigenvalue weighted by Gasteiger charge is -2.55. The van der Waals surface area contributed by atoms with Gasteiger partial charge < -0.3 is 10.0 Å². The largest absolute Gasteiger partial charge is 0.481 e. The highest BCUT2D eigenvalue weighted by Crippen LogP contribution is 2.44. The van der Waals surface area contributed by atoms with E-state index >= 15 is 0 Å². The normalized spacial score (nSPS) is 34.9. The molecule has 6 atom stereocenters. The second kappa shape index (κ2) is 11.1. The molecule has 2 bridgehead atoms. The average molecular weight is 496 g/mol. The molecular weight excluding hydrogens is 450 g/mol. The summed E-state index contributed by atoms with van der Waals surface area (Å²) in [7, 11) is 0. The topological polar surface area (TPSA) is 64.1 Å². The van der Waals surface area contributed by atoms with Gasteiger partial charge in [0.25, 0.3) is 0 Å². The number of anilines is 1. The van der Waals surface area contributed by atoms with Crippen LogP contribution in [0.4, 0.5) is 10.5 Å². The molecule has 6 unspecified atom stereocenters. The van der Waals surface area contributed by atoms with Crippen LogP contribution in [0.5, 0.6) is 0 Å². The number of hydrogen-bond donors (Lipinski definition) is 1. The van der Waals surface area contributed by atoms with Gasteiger partial charge in [0.1, 0.15) is 0 Å². The van der Waals surface area contributed by atoms with Gasteiger partial charge in [-0.3, -0.25) is 14.6 Å². The number of amides is 2. The number of aliphatic carboxylic acids is 1. The molecule has 36 heavy (non-hydrogen) atoms. The number of benzene rings is 1. The van der Waals surface area contributed by atoms with Crippen molar-refractivity contribution >= 4 is 17.7 Å². The first kappa shape index (κ1) is 25.6. The van der Waals surface area contributed by atoms with Crippen LogP contribution in [-0.2, 0) is 4.79 Å². The third kappa shape index (κ3) is 5.29. The Hall–Kier alpha value is -2.08. The van der Waals surface area contributed by atoms with Crippen molar-refractivity contribution in [1.82, 2.24) is 9.80 Å². The maximum absolute atomic E-state index is 13.9. The molecule has 3 aliphatic heterocycles.